The Morgan fingerprint density at radius 1 is 1.11 bits per heavy atom. The van der Waals surface area contributed by atoms with E-state index >= 15 is 0 Å². The van der Waals surface area contributed by atoms with Gasteiger partial charge in [-0.1, -0.05) is 11.8 Å². The van der Waals surface area contributed by atoms with Crippen molar-refractivity contribution in [2.75, 3.05) is 0 Å². The fraction of sp³-hybridized carbons (Fsp3) is 0.810. The van der Waals surface area contributed by atoms with Crippen molar-refractivity contribution >= 4 is 17.8 Å². The SMILES string of the molecule is Cn1ccnc1SC1CCC(NC(=O)NC23CC4CC(CC(C4)C2)C3)CC1. The van der Waals surface area contributed by atoms with Gasteiger partial charge in [-0.05, 0) is 82.0 Å². The van der Waals surface area contributed by atoms with E-state index in [9.17, 15) is 4.79 Å². The third kappa shape index (κ3) is 3.74. The van der Waals surface area contributed by atoms with Crippen LogP contribution in [0.2, 0.25) is 0 Å². The zero-order valence-electron chi connectivity index (χ0n) is 16.3. The molecular formula is C21H32N4OS. The first kappa shape index (κ1) is 17.9. The van der Waals surface area contributed by atoms with Gasteiger partial charge < -0.3 is 15.2 Å². The topological polar surface area (TPSA) is 59.0 Å². The molecule has 148 valence electrons. The monoisotopic (exact) mass is 388 g/mol. The number of nitrogens with one attached hydrogen (secondary N) is 2. The number of urea groups is 1. The lowest BCUT2D eigenvalue weighted by atomic mass is 9.53. The smallest absolute Gasteiger partial charge is 0.315 e. The molecule has 5 fully saturated rings. The van der Waals surface area contributed by atoms with E-state index in [2.05, 4.69) is 27.2 Å². The summed E-state index contributed by atoms with van der Waals surface area (Å²) < 4.78 is 2.09. The average molecular weight is 389 g/mol. The highest BCUT2D eigenvalue weighted by Crippen LogP contribution is 2.55. The molecule has 6 rings (SSSR count). The molecular weight excluding hydrogens is 356 g/mol. The predicted octanol–water partition coefficient (Wildman–Crippen LogP) is 4.09. The summed E-state index contributed by atoms with van der Waals surface area (Å²) >= 11 is 1.89. The van der Waals surface area contributed by atoms with Crippen LogP contribution in [0.5, 0.6) is 0 Å². The number of nitrogens with zero attached hydrogens (tertiary/aromatic N) is 2. The van der Waals surface area contributed by atoms with Crippen LogP contribution >= 0.6 is 11.8 Å². The van der Waals surface area contributed by atoms with Crippen molar-refractivity contribution in [3.8, 4) is 0 Å². The van der Waals surface area contributed by atoms with Crippen LogP contribution in [-0.2, 0) is 7.05 Å². The summed E-state index contributed by atoms with van der Waals surface area (Å²) in [7, 11) is 2.05. The van der Waals surface area contributed by atoms with E-state index in [0.29, 0.717) is 11.3 Å². The van der Waals surface area contributed by atoms with E-state index in [-0.39, 0.29) is 11.6 Å². The predicted molar refractivity (Wildman–Crippen MR) is 108 cm³/mol. The van der Waals surface area contributed by atoms with Crippen molar-refractivity contribution in [3.63, 3.8) is 0 Å². The van der Waals surface area contributed by atoms with E-state index in [1.807, 2.05) is 24.2 Å². The molecule has 27 heavy (non-hydrogen) atoms. The number of carbonyl (C=O) groups is 1. The highest BCUT2D eigenvalue weighted by molar-refractivity contribution is 7.99. The van der Waals surface area contributed by atoms with Crippen LogP contribution in [0, 0.1) is 17.8 Å². The third-order valence-corrected chi connectivity index (χ3v) is 8.88. The summed E-state index contributed by atoms with van der Waals surface area (Å²) in [4.78, 5) is 17.2. The third-order valence-electron chi connectivity index (χ3n) is 7.48. The first-order valence-corrected chi connectivity index (χ1v) is 11.7. The summed E-state index contributed by atoms with van der Waals surface area (Å²) in [5.74, 6) is 2.61. The van der Waals surface area contributed by atoms with Gasteiger partial charge in [0.15, 0.2) is 5.16 Å². The van der Waals surface area contributed by atoms with Crippen LogP contribution in [0.15, 0.2) is 17.6 Å². The van der Waals surface area contributed by atoms with Gasteiger partial charge in [0.2, 0.25) is 0 Å². The number of rotatable bonds is 4. The van der Waals surface area contributed by atoms with Crippen molar-refractivity contribution in [2.45, 2.75) is 86.2 Å². The molecule has 1 aromatic heterocycles. The zero-order chi connectivity index (χ0) is 18.4. The number of hydrogen-bond donors (Lipinski definition) is 2. The van der Waals surface area contributed by atoms with Crippen LogP contribution in [0.4, 0.5) is 4.79 Å². The Balaban J connectivity index is 1.10. The maximum atomic E-state index is 12.7. The molecule has 0 atom stereocenters. The van der Waals surface area contributed by atoms with Gasteiger partial charge in [-0.25, -0.2) is 9.78 Å². The molecule has 6 heteroatoms. The van der Waals surface area contributed by atoms with E-state index in [1.54, 1.807) is 0 Å². The fourth-order valence-electron chi connectivity index (χ4n) is 6.67. The van der Waals surface area contributed by atoms with E-state index in [4.69, 9.17) is 0 Å². The van der Waals surface area contributed by atoms with Gasteiger partial charge in [0.25, 0.3) is 0 Å². The minimum Gasteiger partial charge on any atom is -0.335 e. The Hall–Kier alpha value is -1.17. The summed E-state index contributed by atoms with van der Waals surface area (Å²) in [5.41, 5.74) is 0.115. The largest absolute Gasteiger partial charge is 0.335 e. The van der Waals surface area contributed by atoms with Crippen LogP contribution in [0.1, 0.15) is 64.2 Å². The summed E-state index contributed by atoms with van der Waals surface area (Å²) in [6.07, 6.45) is 16.3. The minimum absolute atomic E-state index is 0.0946. The highest BCUT2D eigenvalue weighted by atomic mass is 32.2. The molecule has 2 N–H and O–H groups in total. The van der Waals surface area contributed by atoms with Gasteiger partial charge in [0, 0.05) is 36.3 Å². The van der Waals surface area contributed by atoms with Crippen molar-refractivity contribution in [1.29, 1.82) is 0 Å². The van der Waals surface area contributed by atoms with Gasteiger partial charge in [0.1, 0.15) is 0 Å². The normalized spacial score (nSPS) is 40.1. The molecule has 0 unspecified atom stereocenters. The molecule has 1 heterocycles. The van der Waals surface area contributed by atoms with E-state index in [0.717, 1.165) is 48.6 Å². The molecule has 4 bridgehead atoms. The van der Waals surface area contributed by atoms with Gasteiger partial charge in [-0.2, -0.15) is 0 Å². The van der Waals surface area contributed by atoms with Crippen LogP contribution in [-0.4, -0.2) is 32.4 Å². The number of carbonyl (C=O) groups excluding carboxylic acids is 1. The molecule has 1 aromatic rings. The summed E-state index contributed by atoms with van der Waals surface area (Å²) in [6, 6.07) is 0.425. The molecule has 5 nitrogen and oxygen atoms in total. The molecule has 0 spiro atoms. The van der Waals surface area contributed by atoms with Crippen molar-refractivity contribution in [3.05, 3.63) is 12.4 Å². The number of amides is 2. The molecule has 0 saturated heterocycles. The fourth-order valence-corrected chi connectivity index (χ4v) is 7.82. The van der Waals surface area contributed by atoms with Crippen molar-refractivity contribution < 1.29 is 4.79 Å². The van der Waals surface area contributed by atoms with Crippen molar-refractivity contribution in [2.24, 2.45) is 24.8 Å². The highest BCUT2D eigenvalue weighted by Gasteiger charge is 2.51. The second kappa shape index (κ2) is 7.02. The maximum absolute atomic E-state index is 12.7. The first-order valence-electron chi connectivity index (χ1n) is 10.8. The van der Waals surface area contributed by atoms with Crippen molar-refractivity contribution in [1.82, 2.24) is 20.2 Å². The Bertz CT molecular complexity index is 659. The lowest BCUT2D eigenvalue weighted by molar-refractivity contribution is -0.0137. The second-order valence-electron chi connectivity index (χ2n) is 9.71. The summed E-state index contributed by atoms with van der Waals surface area (Å²) in [6.45, 7) is 0. The lowest BCUT2D eigenvalue weighted by Crippen LogP contribution is -2.62. The maximum Gasteiger partial charge on any atom is 0.315 e. The lowest BCUT2D eigenvalue weighted by Gasteiger charge is -2.56. The quantitative estimate of drug-likeness (QED) is 0.817. The van der Waals surface area contributed by atoms with Gasteiger partial charge >= 0.3 is 6.03 Å². The summed E-state index contributed by atoms with van der Waals surface area (Å²) in [5, 5.41) is 8.49. The molecule has 5 aliphatic rings. The number of imidazole rings is 1. The molecule has 5 aliphatic carbocycles. The zero-order valence-corrected chi connectivity index (χ0v) is 17.1. The van der Waals surface area contributed by atoms with Crippen LogP contribution < -0.4 is 10.6 Å². The number of thioether (sulfide) groups is 1. The molecule has 5 saturated carbocycles. The second-order valence-corrected chi connectivity index (χ2v) is 11.0. The number of aryl methyl sites for hydroxylation is 1. The van der Waals surface area contributed by atoms with Crippen LogP contribution in [0.3, 0.4) is 0 Å². The molecule has 0 aliphatic heterocycles. The number of hydrogen-bond acceptors (Lipinski definition) is 3. The Morgan fingerprint density at radius 3 is 2.30 bits per heavy atom. The molecule has 2 amide bonds. The van der Waals surface area contributed by atoms with E-state index < -0.39 is 0 Å². The Kier molecular flexibility index (Phi) is 4.65. The van der Waals surface area contributed by atoms with Gasteiger partial charge in [-0.3, -0.25) is 0 Å². The molecule has 0 aromatic carbocycles. The number of aromatic nitrogens is 2. The first-order chi connectivity index (χ1) is 13.1. The minimum atomic E-state index is 0.0946. The Labute approximate surface area is 166 Å². The molecule has 0 radical (unpaired) electrons. The van der Waals surface area contributed by atoms with Gasteiger partial charge in [0.05, 0.1) is 0 Å². The van der Waals surface area contributed by atoms with Crippen LogP contribution in [0.25, 0.3) is 0 Å². The standard InChI is InChI=1S/C21H32N4OS/c1-25-7-6-22-20(25)27-18-4-2-17(3-5-18)23-19(26)24-21-11-14-8-15(12-21)10-16(9-14)13-21/h6-7,14-18H,2-5,8-13H2,1H3,(H2,23,24,26). The Morgan fingerprint density at radius 2 is 1.74 bits per heavy atom. The van der Waals surface area contributed by atoms with Gasteiger partial charge in [-0.15, -0.1) is 0 Å². The average Bonchev–Trinajstić information content (AvgIpc) is 2.99. The van der Waals surface area contributed by atoms with E-state index in [1.165, 1.54) is 38.5 Å².